The Bertz CT molecular complexity index is 752. The van der Waals surface area contributed by atoms with E-state index in [-0.39, 0.29) is 5.41 Å². The predicted molar refractivity (Wildman–Crippen MR) is 170 cm³/mol. The van der Waals surface area contributed by atoms with Crippen LogP contribution in [0.1, 0.15) is 161 Å². The maximum atomic E-state index is 10.8. The van der Waals surface area contributed by atoms with Gasteiger partial charge in [0.25, 0.3) is 0 Å². The van der Waals surface area contributed by atoms with Gasteiger partial charge in [-0.3, -0.25) is 0 Å². The van der Waals surface area contributed by atoms with Crippen LogP contribution < -0.4 is 0 Å². The average molecular weight is 539 g/mol. The van der Waals surface area contributed by atoms with E-state index in [9.17, 15) is 10.2 Å². The van der Waals surface area contributed by atoms with E-state index in [0.717, 1.165) is 24.0 Å². The van der Waals surface area contributed by atoms with Gasteiger partial charge in [0.05, 0.1) is 0 Å². The van der Waals surface area contributed by atoms with Gasteiger partial charge in [-0.25, -0.2) is 0 Å². The lowest BCUT2D eigenvalue weighted by Crippen LogP contribution is -2.35. The van der Waals surface area contributed by atoms with Crippen LogP contribution in [0.25, 0.3) is 0 Å². The van der Waals surface area contributed by atoms with Crippen molar-refractivity contribution in [1.29, 1.82) is 0 Å². The van der Waals surface area contributed by atoms with E-state index in [4.69, 9.17) is 0 Å². The molecule has 222 valence electrons. The van der Waals surface area contributed by atoms with Gasteiger partial charge in [-0.1, -0.05) is 185 Å². The van der Waals surface area contributed by atoms with E-state index in [1.807, 2.05) is 18.2 Å². The largest absolute Gasteiger partial charge is 0.359 e. The SMILES string of the molecule is CCCCCCCCCCCCC1(CCCCCCCCCCCC)C=CC(O)(O)C(Cc2ccccc2)=C1. The summed E-state index contributed by atoms with van der Waals surface area (Å²) in [6, 6.07) is 10.3. The molecule has 0 unspecified atom stereocenters. The van der Waals surface area contributed by atoms with Crippen molar-refractivity contribution in [3.63, 3.8) is 0 Å². The Morgan fingerprint density at radius 3 is 1.36 bits per heavy atom. The van der Waals surface area contributed by atoms with Crippen LogP contribution in [-0.4, -0.2) is 16.0 Å². The molecule has 0 heterocycles. The Morgan fingerprint density at radius 1 is 0.513 bits per heavy atom. The third kappa shape index (κ3) is 14.7. The first-order chi connectivity index (χ1) is 19.0. The summed E-state index contributed by atoms with van der Waals surface area (Å²) in [5.74, 6) is -1.84. The highest BCUT2D eigenvalue weighted by Crippen LogP contribution is 2.42. The molecule has 2 heteroatoms. The molecule has 39 heavy (non-hydrogen) atoms. The third-order valence-electron chi connectivity index (χ3n) is 8.81. The van der Waals surface area contributed by atoms with Crippen LogP contribution >= 0.6 is 0 Å². The summed E-state index contributed by atoms with van der Waals surface area (Å²) in [4.78, 5) is 0. The molecule has 0 fully saturated rings. The zero-order valence-electron chi connectivity index (χ0n) is 25.8. The minimum Gasteiger partial charge on any atom is -0.359 e. The fourth-order valence-electron chi connectivity index (χ4n) is 6.21. The number of rotatable bonds is 24. The first-order valence-electron chi connectivity index (χ1n) is 16.9. The molecule has 2 N–H and O–H groups in total. The normalized spacial score (nSPS) is 15.9. The van der Waals surface area contributed by atoms with E-state index < -0.39 is 5.79 Å². The zero-order valence-corrected chi connectivity index (χ0v) is 25.8. The third-order valence-corrected chi connectivity index (χ3v) is 8.81. The fraction of sp³-hybridized carbons (Fsp3) is 0.730. The van der Waals surface area contributed by atoms with E-state index in [1.165, 1.54) is 128 Å². The standard InChI is InChI=1S/C37H62O2/c1-3-5-7-9-11-13-15-17-19-24-28-36(29-25-20-18-16-14-12-10-8-6-4-2)30-31-37(38,39)35(33-36)32-34-26-22-21-23-27-34/h21-23,26-27,30-31,33,38-39H,3-20,24-25,28-29,32H2,1-2H3. The number of aliphatic hydroxyl groups is 2. The highest BCUT2D eigenvalue weighted by atomic mass is 16.5. The summed E-state index contributed by atoms with van der Waals surface area (Å²) in [6.45, 7) is 4.57. The summed E-state index contributed by atoms with van der Waals surface area (Å²) in [7, 11) is 0. The quantitative estimate of drug-likeness (QED) is 0.0780. The van der Waals surface area contributed by atoms with Gasteiger partial charge in [0.15, 0.2) is 0 Å². The number of hydrogen-bond donors (Lipinski definition) is 2. The molecule has 2 nitrogen and oxygen atoms in total. The molecule has 1 aliphatic rings. The van der Waals surface area contributed by atoms with Crippen molar-refractivity contribution in [2.24, 2.45) is 5.41 Å². The van der Waals surface area contributed by atoms with Gasteiger partial charge < -0.3 is 10.2 Å². The molecule has 0 radical (unpaired) electrons. The van der Waals surface area contributed by atoms with Gasteiger partial charge in [-0.2, -0.15) is 0 Å². The molecule has 0 aromatic heterocycles. The van der Waals surface area contributed by atoms with Gasteiger partial charge >= 0.3 is 0 Å². The van der Waals surface area contributed by atoms with Crippen molar-refractivity contribution in [3.8, 4) is 0 Å². The molecule has 0 bridgehead atoms. The molecule has 0 aliphatic heterocycles. The lowest BCUT2D eigenvalue weighted by Gasteiger charge is -2.36. The van der Waals surface area contributed by atoms with Crippen LogP contribution in [0.5, 0.6) is 0 Å². The Morgan fingerprint density at radius 2 is 0.923 bits per heavy atom. The van der Waals surface area contributed by atoms with Crippen LogP contribution in [0.15, 0.2) is 54.1 Å². The Labute approximate surface area is 242 Å². The molecule has 0 saturated carbocycles. The Balaban J connectivity index is 1.86. The number of unbranched alkanes of at least 4 members (excludes halogenated alkanes) is 18. The smallest absolute Gasteiger partial charge is 0.206 e. The number of allylic oxidation sites excluding steroid dienone is 2. The van der Waals surface area contributed by atoms with Crippen LogP contribution in [0, 0.1) is 5.41 Å². The molecule has 1 aromatic carbocycles. The van der Waals surface area contributed by atoms with Gasteiger partial charge in [0.1, 0.15) is 0 Å². The van der Waals surface area contributed by atoms with Gasteiger partial charge in [-0.15, -0.1) is 0 Å². The second-order valence-electron chi connectivity index (χ2n) is 12.5. The van der Waals surface area contributed by atoms with Crippen LogP contribution in [0.3, 0.4) is 0 Å². The summed E-state index contributed by atoms with van der Waals surface area (Å²) in [5.41, 5.74) is 1.84. The van der Waals surface area contributed by atoms with Gasteiger partial charge in [0.2, 0.25) is 5.79 Å². The van der Waals surface area contributed by atoms with Crippen molar-refractivity contribution < 1.29 is 10.2 Å². The van der Waals surface area contributed by atoms with Gasteiger partial charge in [-0.05, 0) is 36.5 Å². The summed E-state index contributed by atoms with van der Waals surface area (Å²) >= 11 is 0. The van der Waals surface area contributed by atoms with Crippen molar-refractivity contribution in [2.45, 2.75) is 167 Å². The molecular weight excluding hydrogens is 476 g/mol. The Hall–Kier alpha value is -1.38. The van der Waals surface area contributed by atoms with E-state index in [1.54, 1.807) is 6.08 Å². The minimum atomic E-state index is -1.84. The van der Waals surface area contributed by atoms with Crippen molar-refractivity contribution in [3.05, 3.63) is 59.7 Å². The second kappa shape index (κ2) is 20.5. The molecule has 1 aromatic rings. The fourth-order valence-corrected chi connectivity index (χ4v) is 6.21. The van der Waals surface area contributed by atoms with E-state index in [0.29, 0.717) is 6.42 Å². The predicted octanol–water partition coefficient (Wildman–Crippen LogP) is 11.0. The molecule has 0 spiro atoms. The molecular formula is C37H62O2. The Kier molecular flexibility index (Phi) is 17.8. The highest BCUT2D eigenvalue weighted by Gasteiger charge is 2.36. The molecule has 1 aliphatic carbocycles. The van der Waals surface area contributed by atoms with Crippen molar-refractivity contribution in [2.75, 3.05) is 0 Å². The van der Waals surface area contributed by atoms with Crippen LogP contribution in [0.2, 0.25) is 0 Å². The van der Waals surface area contributed by atoms with Gasteiger partial charge in [0, 0.05) is 5.41 Å². The minimum absolute atomic E-state index is 0.0423. The van der Waals surface area contributed by atoms with E-state index in [2.05, 4.69) is 38.1 Å². The monoisotopic (exact) mass is 538 g/mol. The number of hydrogen-bond acceptors (Lipinski definition) is 2. The summed E-state index contributed by atoms with van der Waals surface area (Å²) in [5, 5.41) is 21.6. The summed E-state index contributed by atoms with van der Waals surface area (Å²) < 4.78 is 0. The zero-order chi connectivity index (χ0) is 28.1. The first kappa shape index (κ1) is 33.8. The molecule has 0 atom stereocenters. The highest BCUT2D eigenvalue weighted by molar-refractivity contribution is 5.36. The maximum absolute atomic E-state index is 10.8. The molecule has 2 rings (SSSR count). The second-order valence-corrected chi connectivity index (χ2v) is 12.5. The first-order valence-corrected chi connectivity index (χ1v) is 16.9. The van der Waals surface area contributed by atoms with Crippen molar-refractivity contribution in [1.82, 2.24) is 0 Å². The molecule has 0 saturated heterocycles. The maximum Gasteiger partial charge on any atom is 0.206 e. The molecule has 0 amide bonds. The topological polar surface area (TPSA) is 40.5 Å². The number of benzene rings is 1. The average Bonchev–Trinajstić information content (AvgIpc) is 2.93. The lowest BCUT2D eigenvalue weighted by molar-refractivity contribution is -0.0892. The lowest BCUT2D eigenvalue weighted by atomic mass is 9.71. The van der Waals surface area contributed by atoms with Crippen molar-refractivity contribution >= 4 is 0 Å². The van der Waals surface area contributed by atoms with Crippen LogP contribution in [0.4, 0.5) is 0 Å². The van der Waals surface area contributed by atoms with Crippen LogP contribution in [-0.2, 0) is 6.42 Å². The van der Waals surface area contributed by atoms with E-state index >= 15 is 0 Å². The summed E-state index contributed by atoms with van der Waals surface area (Å²) in [6.07, 6.45) is 35.9.